The van der Waals surface area contributed by atoms with Gasteiger partial charge in [-0.2, -0.15) is 0 Å². The van der Waals surface area contributed by atoms with E-state index in [0.29, 0.717) is 0 Å². The molecule has 1 fully saturated rings. The zero-order valence-electron chi connectivity index (χ0n) is 6.81. The van der Waals surface area contributed by atoms with Crippen LogP contribution in [-0.4, -0.2) is 29.4 Å². The van der Waals surface area contributed by atoms with Crippen LogP contribution in [0.15, 0.2) is 0 Å². The summed E-state index contributed by atoms with van der Waals surface area (Å²) in [5.74, 6) is 0. The van der Waals surface area contributed by atoms with Crippen LogP contribution in [-0.2, 0) is 4.74 Å². The summed E-state index contributed by atoms with van der Waals surface area (Å²) in [6.07, 6.45) is 2.56. The Morgan fingerprint density at radius 1 is 1.00 bits per heavy atom. The zero-order chi connectivity index (χ0) is 7.11. The van der Waals surface area contributed by atoms with E-state index in [2.05, 4.69) is 16.4 Å². The Morgan fingerprint density at radius 3 is 1.44 bits per heavy atom. The number of hydrogen-bond donors (Lipinski definition) is 0. The van der Waals surface area contributed by atoms with Crippen molar-refractivity contribution in [3.05, 3.63) is 0 Å². The number of ether oxygens (including phenoxy) is 1. The molecule has 1 aliphatic rings. The zero-order valence-corrected chi connectivity index (χ0v) is 9.24. The monoisotopic (exact) mass is 186 g/mol. The third-order valence-electron chi connectivity index (χ3n) is 0.827. The van der Waals surface area contributed by atoms with Gasteiger partial charge in [-0.15, -0.1) is 0 Å². The summed E-state index contributed by atoms with van der Waals surface area (Å²) in [5.41, 5.74) is 7.06. The fourth-order valence-corrected chi connectivity index (χ4v) is 0.510. The predicted octanol–water partition coefficient (Wildman–Crippen LogP) is 2.17. The van der Waals surface area contributed by atoms with Crippen LogP contribution in [0.4, 0.5) is 0 Å². The first-order chi connectivity index (χ1) is 4.23. The third kappa shape index (κ3) is 11.9. The van der Waals surface area contributed by atoms with Crippen LogP contribution >= 0.6 is 0 Å². The molecular formula is C7H17GaO. The second-order valence-electron chi connectivity index (χ2n) is 3.05. The van der Waals surface area contributed by atoms with Crippen LogP contribution in [0, 0.1) is 0 Å². The molecule has 0 aromatic carbocycles. The standard InChI is InChI=1S/C4H8O.3CH3.Ga/c1-2-4-5-3-1;;;;/h1-4H2;3*1H3;. The first-order valence-electron chi connectivity index (χ1n) is 3.81. The molecule has 0 bridgehead atoms. The van der Waals surface area contributed by atoms with Gasteiger partial charge in [0, 0.05) is 13.2 Å². The van der Waals surface area contributed by atoms with Gasteiger partial charge in [-0.25, -0.2) is 0 Å². The Bertz CT molecular complexity index is 40.5. The molecule has 1 heterocycles. The second-order valence-corrected chi connectivity index (χ2v) is 10.3. The van der Waals surface area contributed by atoms with Crippen LogP contribution in [0.3, 0.4) is 0 Å². The van der Waals surface area contributed by atoms with E-state index >= 15 is 0 Å². The van der Waals surface area contributed by atoms with Gasteiger partial charge in [0.1, 0.15) is 0 Å². The van der Waals surface area contributed by atoms with Gasteiger partial charge >= 0.3 is 32.7 Å². The maximum absolute atomic E-state index is 4.94. The molecule has 54 valence electrons. The second kappa shape index (κ2) is 6.71. The van der Waals surface area contributed by atoms with Gasteiger partial charge in [-0.05, 0) is 12.8 Å². The Balaban J connectivity index is 0.000000148. The third-order valence-corrected chi connectivity index (χ3v) is 0.827. The molecule has 0 radical (unpaired) electrons. The molecule has 0 atom stereocenters. The molecule has 0 aromatic rings. The van der Waals surface area contributed by atoms with Crippen LogP contribution in [0.2, 0.25) is 16.4 Å². The van der Waals surface area contributed by atoms with Crippen LogP contribution in [0.5, 0.6) is 0 Å². The first kappa shape index (κ1) is 9.60. The van der Waals surface area contributed by atoms with E-state index in [0.717, 1.165) is 13.2 Å². The molecule has 0 saturated carbocycles. The molecule has 0 unspecified atom stereocenters. The molecule has 0 N–H and O–H groups in total. The van der Waals surface area contributed by atoms with Crippen molar-refractivity contribution >= 4 is 16.2 Å². The SMILES string of the molecule is C1CCOC1.[CH3][Ga]([CH3])[CH3]. The number of hydrogen-bond acceptors (Lipinski definition) is 1. The van der Waals surface area contributed by atoms with E-state index in [1.165, 1.54) is 12.8 Å². The number of rotatable bonds is 0. The molecule has 2 heteroatoms. The van der Waals surface area contributed by atoms with Crippen molar-refractivity contribution in [2.75, 3.05) is 13.2 Å². The molecule has 0 spiro atoms. The van der Waals surface area contributed by atoms with Gasteiger partial charge in [-0.1, -0.05) is 0 Å². The molecular weight excluding hydrogens is 170 g/mol. The van der Waals surface area contributed by atoms with Crippen molar-refractivity contribution in [2.45, 2.75) is 29.3 Å². The summed E-state index contributed by atoms with van der Waals surface area (Å²) in [6, 6.07) is 0. The van der Waals surface area contributed by atoms with E-state index in [1.807, 2.05) is 0 Å². The van der Waals surface area contributed by atoms with E-state index in [9.17, 15) is 0 Å². The van der Waals surface area contributed by atoms with Gasteiger partial charge in [0.25, 0.3) is 0 Å². The fraction of sp³-hybridized carbons (Fsp3) is 1.00. The predicted molar refractivity (Wildman–Crippen MR) is 43.4 cm³/mol. The van der Waals surface area contributed by atoms with Gasteiger partial charge in [0.05, 0.1) is 0 Å². The Morgan fingerprint density at radius 2 is 1.33 bits per heavy atom. The van der Waals surface area contributed by atoms with Crippen LogP contribution in [0.1, 0.15) is 12.8 Å². The fourth-order valence-electron chi connectivity index (χ4n) is 0.510. The van der Waals surface area contributed by atoms with Gasteiger partial charge in [0.15, 0.2) is 0 Å². The Labute approximate surface area is 63.8 Å². The minimum absolute atomic E-state index is 0.479. The van der Waals surface area contributed by atoms with Crippen molar-refractivity contribution in [3.63, 3.8) is 0 Å². The molecule has 0 aromatic heterocycles. The normalized spacial score (nSPS) is 16.3. The Kier molecular flexibility index (Phi) is 7.16. The molecule has 0 aliphatic carbocycles. The average Bonchev–Trinajstić information content (AvgIpc) is 2.11. The van der Waals surface area contributed by atoms with Crippen LogP contribution < -0.4 is 0 Å². The molecule has 9 heavy (non-hydrogen) atoms. The maximum atomic E-state index is 4.94. The summed E-state index contributed by atoms with van der Waals surface area (Å²) < 4.78 is 4.94. The van der Waals surface area contributed by atoms with Gasteiger partial charge in [0.2, 0.25) is 0 Å². The summed E-state index contributed by atoms with van der Waals surface area (Å²) in [4.78, 5) is 0. The van der Waals surface area contributed by atoms with E-state index in [1.54, 1.807) is 0 Å². The molecule has 1 nitrogen and oxygen atoms in total. The van der Waals surface area contributed by atoms with Crippen molar-refractivity contribution in [2.24, 2.45) is 0 Å². The van der Waals surface area contributed by atoms with Crippen LogP contribution in [0.25, 0.3) is 0 Å². The van der Waals surface area contributed by atoms with Crippen molar-refractivity contribution in [1.29, 1.82) is 0 Å². The average molecular weight is 187 g/mol. The molecule has 1 rings (SSSR count). The van der Waals surface area contributed by atoms with Crippen molar-refractivity contribution in [3.8, 4) is 0 Å². The molecule has 0 amide bonds. The van der Waals surface area contributed by atoms with Crippen molar-refractivity contribution in [1.82, 2.24) is 0 Å². The molecule has 1 aliphatic heterocycles. The summed E-state index contributed by atoms with van der Waals surface area (Å²) >= 11 is -0.479. The van der Waals surface area contributed by atoms with E-state index < -0.39 is 16.2 Å². The summed E-state index contributed by atoms with van der Waals surface area (Å²) in [7, 11) is 0. The van der Waals surface area contributed by atoms with E-state index in [4.69, 9.17) is 4.74 Å². The van der Waals surface area contributed by atoms with Gasteiger partial charge in [-0.3, -0.25) is 0 Å². The first-order valence-corrected chi connectivity index (χ1v) is 11.1. The quantitative estimate of drug-likeness (QED) is 0.528. The summed E-state index contributed by atoms with van der Waals surface area (Å²) in [5, 5.41) is 0. The molecule has 1 saturated heterocycles. The van der Waals surface area contributed by atoms with Crippen molar-refractivity contribution < 1.29 is 4.74 Å². The topological polar surface area (TPSA) is 9.23 Å². The summed E-state index contributed by atoms with van der Waals surface area (Å²) in [6.45, 7) is 2.00. The Hall–Kier alpha value is 0.596. The van der Waals surface area contributed by atoms with E-state index in [-0.39, 0.29) is 0 Å². The van der Waals surface area contributed by atoms with Gasteiger partial charge < -0.3 is 4.74 Å². The minimum atomic E-state index is -0.479.